The van der Waals surface area contributed by atoms with Crippen LogP contribution in [0.4, 0.5) is 10.1 Å². The predicted molar refractivity (Wildman–Crippen MR) is 96.8 cm³/mol. The highest BCUT2D eigenvalue weighted by molar-refractivity contribution is 5.44. The van der Waals surface area contributed by atoms with Gasteiger partial charge in [-0.05, 0) is 55.8 Å². The van der Waals surface area contributed by atoms with E-state index in [0.29, 0.717) is 12.0 Å². The largest absolute Gasteiger partial charge is 0.370 e. The normalized spacial score (nSPS) is 20.8. The van der Waals surface area contributed by atoms with Crippen molar-refractivity contribution in [3.05, 3.63) is 54.4 Å². The lowest BCUT2D eigenvalue weighted by molar-refractivity contribution is 0.0599. The Morgan fingerprint density at radius 2 is 1.84 bits per heavy atom. The van der Waals surface area contributed by atoms with Crippen LogP contribution in [0.25, 0.3) is 0 Å². The minimum atomic E-state index is -0.187. The Labute approximate surface area is 148 Å². The Bertz CT molecular complexity index is 698. The van der Waals surface area contributed by atoms with E-state index < -0.39 is 0 Å². The summed E-state index contributed by atoms with van der Waals surface area (Å²) >= 11 is 0. The molecule has 0 radical (unpaired) electrons. The molecule has 0 N–H and O–H groups in total. The van der Waals surface area contributed by atoms with E-state index in [1.54, 1.807) is 6.20 Å². The molecule has 0 bridgehead atoms. The fourth-order valence-corrected chi connectivity index (χ4v) is 4.41. The molecule has 4 rings (SSSR count). The lowest BCUT2D eigenvalue weighted by atomic mass is 9.72. The summed E-state index contributed by atoms with van der Waals surface area (Å²) in [5.74, 6) is -0.187. The summed E-state index contributed by atoms with van der Waals surface area (Å²) in [5, 5.41) is 0. The predicted octanol–water partition coefficient (Wildman–Crippen LogP) is 3.50. The Morgan fingerprint density at radius 1 is 1.00 bits per heavy atom. The summed E-state index contributed by atoms with van der Waals surface area (Å²) in [6, 6.07) is 5.96. The number of rotatable bonds is 3. The third-order valence-electron chi connectivity index (χ3n) is 5.83. The second-order valence-electron chi connectivity index (χ2n) is 7.48. The van der Waals surface area contributed by atoms with Crippen LogP contribution in [0.1, 0.15) is 31.2 Å². The van der Waals surface area contributed by atoms with Gasteiger partial charge in [0.05, 0.1) is 18.1 Å². The number of halogens is 1. The monoisotopic (exact) mass is 340 g/mol. The fourth-order valence-electron chi connectivity index (χ4n) is 4.41. The Hall–Kier alpha value is -2.01. The van der Waals surface area contributed by atoms with Crippen molar-refractivity contribution in [3.63, 3.8) is 0 Å². The zero-order valence-electron chi connectivity index (χ0n) is 14.6. The molecule has 0 aliphatic carbocycles. The van der Waals surface area contributed by atoms with Crippen molar-refractivity contribution < 1.29 is 4.39 Å². The standard InChI is InChI=1S/C20H25FN4/c21-19-14-23-9-4-17(19)15-24-10-2-5-20(16-24)6-11-25(12-7-20)18-3-1-8-22-13-18/h1,3-4,8-9,13-14H,2,5-7,10-12,15-16H2. The molecule has 2 aromatic rings. The summed E-state index contributed by atoms with van der Waals surface area (Å²) in [4.78, 5) is 13.0. The molecule has 2 aliphatic heterocycles. The smallest absolute Gasteiger partial charge is 0.145 e. The van der Waals surface area contributed by atoms with E-state index in [9.17, 15) is 4.39 Å². The number of pyridine rings is 2. The van der Waals surface area contributed by atoms with Crippen molar-refractivity contribution in [1.29, 1.82) is 0 Å². The summed E-state index contributed by atoms with van der Waals surface area (Å²) in [6.45, 7) is 5.01. The van der Waals surface area contributed by atoms with Crippen molar-refractivity contribution in [2.45, 2.75) is 32.2 Å². The van der Waals surface area contributed by atoms with Gasteiger partial charge in [0.2, 0.25) is 0 Å². The lowest BCUT2D eigenvalue weighted by Gasteiger charge is -2.48. The van der Waals surface area contributed by atoms with Gasteiger partial charge < -0.3 is 4.90 Å². The average Bonchev–Trinajstić information content (AvgIpc) is 2.65. The molecule has 0 atom stereocenters. The number of aromatic nitrogens is 2. The molecular formula is C20H25FN4. The van der Waals surface area contributed by atoms with Gasteiger partial charge in [0.15, 0.2) is 0 Å². The lowest BCUT2D eigenvalue weighted by Crippen LogP contribution is -2.49. The first-order valence-corrected chi connectivity index (χ1v) is 9.20. The Morgan fingerprint density at radius 3 is 2.60 bits per heavy atom. The molecule has 2 saturated heterocycles. The van der Waals surface area contributed by atoms with E-state index in [4.69, 9.17) is 0 Å². The number of likely N-dealkylation sites (tertiary alicyclic amines) is 1. The SMILES string of the molecule is Fc1cnccc1CN1CCCC2(CCN(c3cccnc3)CC2)C1. The third-order valence-corrected chi connectivity index (χ3v) is 5.83. The molecule has 132 valence electrons. The van der Waals surface area contributed by atoms with E-state index in [1.165, 1.54) is 37.6 Å². The molecule has 2 aliphatic rings. The molecule has 2 fully saturated rings. The first-order valence-electron chi connectivity index (χ1n) is 9.20. The highest BCUT2D eigenvalue weighted by atomic mass is 19.1. The van der Waals surface area contributed by atoms with Gasteiger partial charge in [0.25, 0.3) is 0 Å². The van der Waals surface area contributed by atoms with Crippen LogP contribution in [-0.4, -0.2) is 41.0 Å². The van der Waals surface area contributed by atoms with Crippen LogP contribution in [0, 0.1) is 11.2 Å². The number of hydrogen-bond acceptors (Lipinski definition) is 4. The summed E-state index contributed by atoms with van der Waals surface area (Å²) in [5.41, 5.74) is 2.38. The summed E-state index contributed by atoms with van der Waals surface area (Å²) < 4.78 is 13.9. The number of anilines is 1. The van der Waals surface area contributed by atoms with Crippen molar-refractivity contribution in [2.24, 2.45) is 5.41 Å². The van der Waals surface area contributed by atoms with Gasteiger partial charge in [-0.3, -0.25) is 14.9 Å². The van der Waals surface area contributed by atoms with Crippen molar-refractivity contribution in [3.8, 4) is 0 Å². The highest BCUT2D eigenvalue weighted by Crippen LogP contribution is 2.41. The van der Waals surface area contributed by atoms with E-state index in [2.05, 4.69) is 25.8 Å². The number of piperidine rings is 2. The quantitative estimate of drug-likeness (QED) is 0.856. The first-order chi connectivity index (χ1) is 12.2. The molecule has 4 heterocycles. The maximum absolute atomic E-state index is 13.9. The maximum Gasteiger partial charge on any atom is 0.145 e. The Kier molecular flexibility index (Phi) is 4.66. The van der Waals surface area contributed by atoms with E-state index >= 15 is 0 Å². The second-order valence-corrected chi connectivity index (χ2v) is 7.48. The molecule has 0 saturated carbocycles. The average molecular weight is 340 g/mol. The topological polar surface area (TPSA) is 32.3 Å². The van der Waals surface area contributed by atoms with Gasteiger partial charge >= 0.3 is 0 Å². The van der Waals surface area contributed by atoms with E-state index in [1.807, 2.05) is 24.5 Å². The van der Waals surface area contributed by atoms with Gasteiger partial charge in [-0.25, -0.2) is 4.39 Å². The molecule has 1 spiro atoms. The molecule has 0 amide bonds. The molecule has 0 aromatic carbocycles. The van der Waals surface area contributed by atoms with Gasteiger partial charge in [-0.2, -0.15) is 0 Å². The van der Waals surface area contributed by atoms with E-state index in [0.717, 1.165) is 31.7 Å². The van der Waals surface area contributed by atoms with Crippen molar-refractivity contribution in [1.82, 2.24) is 14.9 Å². The van der Waals surface area contributed by atoms with Gasteiger partial charge in [0, 0.05) is 44.1 Å². The molecule has 0 unspecified atom stereocenters. The van der Waals surface area contributed by atoms with Crippen LogP contribution < -0.4 is 4.90 Å². The molecular weight excluding hydrogens is 315 g/mol. The molecule has 4 nitrogen and oxygen atoms in total. The van der Waals surface area contributed by atoms with Crippen LogP contribution in [-0.2, 0) is 6.54 Å². The van der Waals surface area contributed by atoms with Crippen molar-refractivity contribution >= 4 is 5.69 Å². The zero-order chi connectivity index (χ0) is 17.1. The Balaban J connectivity index is 1.39. The van der Waals surface area contributed by atoms with Crippen LogP contribution in [0.3, 0.4) is 0 Å². The first kappa shape index (κ1) is 16.5. The van der Waals surface area contributed by atoms with Crippen LogP contribution in [0.2, 0.25) is 0 Å². The maximum atomic E-state index is 13.9. The highest BCUT2D eigenvalue weighted by Gasteiger charge is 2.38. The summed E-state index contributed by atoms with van der Waals surface area (Å²) in [6.07, 6.45) is 11.7. The number of nitrogens with zero attached hydrogens (tertiary/aromatic N) is 4. The fraction of sp³-hybridized carbons (Fsp3) is 0.500. The molecule has 2 aromatic heterocycles. The minimum absolute atomic E-state index is 0.187. The van der Waals surface area contributed by atoms with Gasteiger partial charge in [0.1, 0.15) is 5.82 Å². The second kappa shape index (κ2) is 7.08. The van der Waals surface area contributed by atoms with Crippen LogP contribution in [0.15, 0.2) is 43.0 Å². The van der Waals surface area contributed by atoms with Crippen LogP contribution in [0.5, 0.6) is 0 Å². The molecule has 25 heavy (non-hydrogen) atoms. The molecule has 5 heteroatoms. The van der Waals surface area contributed by atoms with Crippen molar-refractivity contribution in [2.75, 3.05) is 31.1 Å². The third kappa shape index (κ3) is 3.66. The zero-order valence-corrected chi connectivity index (χ0v) is 14.6. The van der Waals surface area contributed by atoms with Gasteiger partial charge in [-0.1, -0.05) is 0 Å². The van der Waals surface area contributed by atoms with E-state index in [-0.39, 0.29) is 5.82 Å². The van der Waals surface area contributed by atoms with Gasteiger partial charge in [-0.15, -0.1) is 0 Å². The minimum Gasteiger partial charge on any atom is -0.370 e. The number of hydrogen-bond donors (Lipinski definition) is 0. The summed E-state index contributed by atoms with van der Waals surface area (Å²) in [7, 11) is 0. The van der Waals surface area contributed by atoms with Crippen LogP contribution >= 0.6 is 0 Å².